The number of hydrogen-bond acceptors (Lipinski definition) is 3. The van der Waals surface area contributed by atoms with Crippen molar-refractivity contribution in [2.24, 2.45) is 0 Å². The van der Waals surface area contributed by atoms with Crippen molar-refractivity contribution in [3.05, 3.63) is 23.8 Å². The van der Waals surface area contributed by atoms with Crippen LogP contribution in [0.1, 0.15) is 24.2 Å². The van der Waals surface area contributed by atoms with E-state index in [1.165, 1.54) is 0 Å². The fourth-order valence-corrected chi connectivity index (χ4v) is 1.20. The Kier molecular flexibility index (Phi) is 3.09. The van der Waals surface area contributed by atoms with Crippen LogP contribution in [0.3, 0.4) is 0 Å². The zero-order chi connectivity index (χ0) is 12.3. The van der Waals surface area contributed by atoms with Gasteiger partial charge in [0.05, 0.1) is 5.54 Å². The maximum atomic E-state index is 11.8. The summed E-state index contributed by atoms with van der Waals surface area (Å²) in [6.07, 6.45) is 5.28. The van der Waals surface area contributed by atoms with Gasteiger partial charge in [0.1, 0.15) is 0 Å². The first-order valence-corrected chi connectivity index (χ1v) is 4.80. The van der Waals surface area contributed by atoms with Gasteiger partial charge in [-0.25, -0.2) is 0 Å². The van der Waals surface area contributed by atoms with E-state index in [-0.39, 0.29) is 5.91 Å². The fourth-order valence-electron chi connectivity index (χ4n) is 1.20. The van der Waals surface area contributed by atoms with E-state index in [9.17, 15) is 4.79 Å². The molecule has 1 aromatic rings. The third kappa shape index (κ3) is 2.92. The smallest absolute Gasteiger partial charge is 0.252 e. The number of anilines is 2. The molecule has 0 aliphatic carbocycles. The highest BCUT2D eigenvalue weighted by molar-refractivity contribution is 5.96. The molecule has 1 aromatic carbocycles. The molecule has 0 heterocycles. The zero-order valence-electron chi connectivity index (χ0n) is 9.37. The first-order chi connectivity index (χ1) is 7.34. The van der Waals surface area contributed by atoms with Gasteiger partial charge in [-0.3, -0.25) is 4.79 Å². The Balaban J connectivity index is 2.94. The van der Waals surface area contributed by atoms with Gasteiger partial charge in [-0.15, -0.1) is 6.42 Å². The van der Waals surface area contributed by atoms with Crippen molar-refractivity contribution in [3.8, 4) is 12.3 Å². The summed E-state index contributed by atoms with van der Waals surface area (Å²) >= 11 is 0. The van der Waals surface area contributed by atoms with Crippen LogP contribution in [0, 0.1) is 12.3 Å². The van der Waals surface area contributed by atoms with Crippen LogP contribution in [0.2, 0.25) is 0 Å². The standard InChI is InChI=1S/C12H15N3O/c1-4-12(2,3)15-11(16)8-5-9(13)7-10(14)6-8/h1,5-7H,13-14H2,2-3H3,(H,15,16). The molecular weight excluding hydrogens is 202 g/mol. The lowest BCUT2D eigenvalue weighted by atomic mass is 10.1. The molecule has 0 aliphatic rings. The molecule has 0 saturated heterocycles. The van der Waals surface area contributed by atoms with Crippen LogP contribution in [-0.2, 0) is 0 Å². The van der Waals surface area contributed by atoms with Crippen molar-refractivity contribution in [2.45, 2.75) is 19.4 Å². The minimum absolute atomic E-state index is 0.290. The second-order valence-corrected chi connectivity index (χ2v) is 4.11. The van der Waals surface area contributed by atoms with Gasteiger partial charge in [0.2, 0.25) is 0 Å². The molecule has 0 aromatic heterocycles. The molecule has 0 saturated carbocycles. The number of carbonyl (C=O) groups is 1. The van der Waals surface area contributed by atoms with Crippen LogP contribution in [0.25, 0.3) is 0 Å². The lowest BCUT2D eigenvalue weighted by Gasteiger charge is -2.19. The maximum absolute atomic E-state index is 11.8. The highest BCUT2D eigenvalue weighted by Gasteiger charge is 2.18. The average molecular weight is 217 g/mol. The first kappa shape index (κ1) is 11.9. The van der Waals surface area contributed by atoms with Gasteiger partial charge in [0.25, 0.3) is 5.91 Å². The SMILES string of the molecule is C#CC(C)(C)NC(=O)c1cc(N)cc(N)c1. The fraction of sp³-hybridized carbons (Fsp3) is 0.250. The van der Waals surface area contributed by atoms with E-state index in [0.29, 0.717) is 16.9 Å². The van der Waals surface area contributed by atoms with Crippen LogP contribution in [0.5, 0.6) is 0 Å². The molecule has 0 fully saturated rings. The predicted molar refractivity (Wildman–Crippen MR) is 65.6 cm³/mol. The van der Waals surface area contributed by atoms with Crippen LogP contribution in [0.15, 0.2) is 18.2 Å². The number of nitrogens with one attached hydrogen (secondary N) is 1. The highest BCUT2D eigenvalue weighted by Crippen LogP contribution is 2.14. The van der Waals surface area contributed by atoms with E-state index in [4.69, 9.17) is 17.9 Å². The van der Waals surface area contributed by atoms with E-state index >= 15 is 0 Å². The van der Waals surface area contributed by atoms with Crippen molar-refractivity contribution in [3.63, 3.8) is 0 Å². The van der Waals surface area contributed by atoms with E-state index in [1.807, 2.05) is 0 Å². The van der Waals surface area contributed by atoms with Gasteiger partial charge in [-0.2, -0.15) is 0 Å². The molecule has 0 unspecified atom stereocenters. The van der Waals surface area contributed by atoms with Crippen molar-refractivity contribution in [1.82, 2.24) is 5.32 Å². The molecule has 0 spiro atoms. The van der Waals surface area contributed by atoms with E-state index in [0.717, 1.165) is 0 Å². The van der Waals surface area contributed by atoms with Crippen LogP contribution in [0.4, 0.5) is 11.4 Å². The van der Waals surface area contributed by atoms with E-state index in [2.05, 4.69) is 11.2 Å². The first-order valence-electron chi connectivity index (χ1n) is 4.80. The molecule has 16 heavy (non-hydrogen) atoms. The molecule has 0 aliphatic heterocycles. The third-order valence-electron chi connectivity index (χ3n) is 2.03. The number of terminal acetylenes is 1. The van der Waals surface area contributed by atoms with Gasteiger partial charge in [-0.05, 0) is 32.0 Å². The molecule has 0 atom stereocenters. The average Bonchev–Trinajstić information content (AvgIpc) is 2.15. The minimum atomic E-state index is -0.698. The molecule has 0 radical (unpaired) electrons. The van der Waals surface area contributed by atoms with Gasteiger partial charge in [0, 0.05) is 16.9 Å². The highest BCUT2D eigenvalue weighted by atomic mass is 16.1. The minimum Gasteiger partial charge on any atom is -0.399 e. The number of nitrogens with two attached hydrogens (primary N) is 2. The van der Waals surface area contributed by atoms with E-state index in [1.54, 1.807) is 32.0 Å². The number of nitrogen functional groups attached to an aromatic ring is 2. The summed E-state index contributed by atoms with van der Waals surface area (Å²) in [5.41, 5.74) is 11.8. The zero-order valence-corrected chi connectivity index (χ0v) is 9.37. The lowest BCUT2D eigenvalue weighted by Crippen LogP contribution is -2.42. The Morgan fingerprint density at radius 1 is 1.31 bits per heavy atom. The molecule has 1 rings (SSSR count). The van der Waals surface area contributed by atoms with Crippen molar-refractivity contribution >= 4 is 17.3 Å². The number of rotatable bonds is 2. The van der Waals surface area contributed by atoms with E-state index < -0.39 is 5.54 Å². The van der Waals surface area contributed by atoms with Gasteiger partial charge >= 0.3 is 0 Å². The van der Waals surface area contributed by atoms with Crippen LogP contribution in [-0.4, -0.2) is 11.4 Å². The van der Waals surface area contributed by atoms with Crippen LogP contribution < -0.4 is 16.8 Å². The summed E-state index contributed by atoms with van der Waals surface area (Å²) in [6.45, 7) is 3.47. The lowest BCUT2D eigenvalue weighted by molar-refractivity contribution is 0.0930. The number of benzene rings is 1. The van der Waals surface area contributed by atoms with Crippen molar-refractivity contribution < 1.29 is 4.79 Å². The second kappa shape index (κ2) is 4.15. The number of hydrogen-bond donors (Lipinski definition) is 3. The Hall–Kier alpha value is -2.15. The molecule has 4 nitrogen and oxygen atoms in total. The monoisotopic (exact) mass is 217 g/mol. The van der Waals surface area contributed by atoms with Gasteiger partial charge < -0.3 is 16.8 Å². The topological polar surface area (TPSA) is 81.1 Å². The summed E-state index contributed by atoms with van der Waals surface area (Å²) in [6, 6.07) is 4.69. The maximum Gasteiger partial charge on any atom is 0.252 e. The summed E-state index contributed by atoms with van der Waals surface area (Å²) in [5.74, 6) is 2.19. The molecular formula is C12H15N3O. The summed E-state index contributed by atoms with van der Waals surface area (Å²) in [5, 5.41) is 2.69. The molecule has 0 bridgehead atoms. The largest absolute Gasteiger partial charge is 0.399 e. The quantitative estimate of drug-likeness (QED) is 0.510. The third-order valence-corrected chi connectivity index (χ3v) is 2.03. The molecule has 1 amide bonds. The molecule has 4 heteroatoms. The Bertz CT molecular complexity index is 438. The summed E-state index contributed by atoms with van der Waals surface area (Å²) < 4.78 is 0. The number of carbonyl (C=O) groups excluding carboxylic acids is 1. The normalized spacial score (nSPS) is 10.6. The second-order valence-electron chi connectivity index (χ2n) is 4.11. The summed E-state index contributed by atoms with van der Waals surface area (Å²) in [7, 11) is 0. The Morgan fingerprint density at radius 3 is 2.25 bits per heavy atom. The van der Waals surface area contributed by atoms with Gasteiger partial charge in [-0.1, -0.05) is 5.92 Å². The predicted octanol–water partition coefficient (Wildman–Crippen LogP) is 0.993. The van der Waals surface area contributed by atoms with Crippen molar-refractivity contribution in [1.29, 1.82) is 0 Å². The van der Waals surface area contributed by atoms with Crippen molar-refractivity contribution in [2.75, 3.05) is 11.5 Å². The summed E-state index contributed by atoms with van der Waals surface area (Å²) in [4.78, 5) is 11.8. The van der Waals surface area contributed by atoms with Gasteiger partial charge in [0.15, 0.2) is 0 Å². The Morgan fingerprint density at radius 2 is 1.81 bits per heavy atom. The Labute approximate surface area is 95.0 Å². The molecule has 84 valence electrons. The van der Waals surface area contributed by atoms with Crippen LogP contribution >= 0.6 is 0 Å². The molecule has 5 N–H and O–H groups in total. The number of amides is 1.